The molecule has 2 aromatic carbocycles. The minimum atomic E-state index is 0.0161. The third-order valence-corrected chi connectivity index (χ3v) is 6.01. The van der Waals surface area contributed by atoms with E-state index in [-0.39, 0.29) is 5.91 Å². The number of fused-ring (bicyclic) bond motifs is 1. The number of nitriles is 1. The van der Waals surface area contributed by atoms with Crippen LogP contribution in [-0.2, 0) is 0 Å². The average Bonchev–Trinajstić information content (AvgIpc) is 3.11. The summed E-state index contributed by atoms with van der Waals surface area (Å²) in [7, 11) is 0. The predicted octanol–water partition coefficient (Wildman–Crippen LogP) is 3.89. The maximum atomic E-state index is 12.6. The van der Waals surface area contributed by atoms with E-state index in [2.05, 4.69) is 33.0 Å². The minimum Gasteiger partial charge on any atom is -0.345 e. The number of piperazine rings is 1. The van der Waals surface area contributed by atoms with Crippen LogP contribution in [0.3, 0.4) is 0 Å². The number of hydrogen-bond acceptors (Lipinski definition) is 5. The van der Waals surface area contributed by atoms with Gasteiger partial charge in [-0.1, -0.05) is 27.3 Å². The second-order valence-corrected chi connectivity index (χ2v) is 8.00. The van der Waals surface area contributed by atoms with Crippen LogP contribution in [0.5, 0.6) is 0 Å². The van der Waals surface area contributed by atoms with Crippen molar-refractivity contribution in [2.45, 2.75) is 0 Å². The molecular weight excluding hydrogens is 412 g/mol. The van der Waals surface area contributed by atoms with E-state index < -0.39 is 0 Å². The largest absolute Gasteiger partial charge is 0.345 e. The second-order valence-electron chi connectivity index (χ2n) is 6.08. The molecule has 2 heterocycles. The van der Waals surface area contributed by atoms with E-state index in [4.69, 9.17) is 10.2 Å². The number of carbonyl (C=O) groups is 1. The fourth-order valence-corrected chi connectivity index (χ4v) is 4.56. The van der Waals surface area contributed by atoms with Crippen LogP contribution in [0.4, 0.5) is 5.13 Å². The van der Waals surface area contributed by atoms with Gasteiger partial charge in [-0.25, -0.2) is 4.98 Å². The van der Waals surface area contributed by atoms with Crippen LogP contribution >= 0.6 is 27.3 Å². The molecule has 0 N–H and O–H groups in total. The highest BCUT2D eigenvalue weighted by Crippen LogP contribution is 2.31. The molecule has 0 aliphatic carbocycles. The van der Waals surface area contributed by atoms with Crippen molar-refractivity contribution in [3.8, 4) is 6.07 Å². The van der Waals surface area contributed by atoms with Crippen molar-refractivity contribution in [1.29, 1.82) is 5.26 Å². The van der Waals surface area contributed by atoms with Gasteiger partial charge in [0.05, 0.1) is 21.8 Å². The molecule has 3 aromatic rings. The molecule has 5 nitrogen and oxygen atoms in total. The van der Waals surface area contributed by atoms with E-state index >= 15 is 0 Å². The average molecular weight is 427 g/mol. The van der Waals surface area contributed by atoms with Crippen molar-refractivity contribution >= 4 is 48.5 Å². The van der Waals surface area contributed by atoms with Crippen LogP contribution < -0.4 is 4.90 Å². The zero-order valence-electron chi connectivity index (χ0n) is 13.9. The third kappa shape index (κ3) is 3.30. The van der Waals surface area contributed by atoms with Gasteiger partial charge in [-0.2, -0.15) is 5.26 Å². The molecule has 1 fully saturated rings. The van der Waals surface area contributed by atoms with Gasteiger partial charge >= 0.3 is 0 Å². The molecule has 0 atom stereocenters. The smallest absolute Gasteiger partial charge is 0.253 e. The summed E-state index contributed by atoms with van der Waals surface area (Å²) in [6.45, 7) is 2.86. The molecule has 0 spiro atoms. The molecule has 4 rings (SSSR count). The molecule has 1 aliphatic rings. The highest BCUT2D eigenvalue weighted by Gasteiger charge is 2.24. The quantitative estimate of drug-likeness (QED) is 0.623. The number of aromatic nitrogens is 1. The number of benzene rings is 2. The molecule has 26 heavy (non-hydrogen) atoms. The van der Waals surface area contributed by atoms with Crippen LogP contribution in [0.25, 0.3) is 10.2 Å². The lowest BCUT2D eigenvalue weighted by Gasteiger charge is -2.34. The van der Waals surface area contributed by atoms with E-state index in [0.29, 0.717) is 24.2 Å². The maximum Gasteiger partial charge on any atom is 0.253 e. The SMILES string of the molecule is N#Cc1ccc(C(=O)N2CCN(c3nc4ccc(Br)cc4s3)CC2)cc1. The molecule has 7 heteroatoms. The van der Waals surface area contributed by atoms with Gasteiger partial charge in [0.15, 0.2) is 5.13 Å². The minimum absolute atomic E-state index is 0.0161. The van der Waals surface area contributed by atoms with Gasteiger partial charge in [-0.05, 0) is 42.5 Å². The highest BCUT2D eigenvalue weighted by atomic mass is 79.9. The summed E-state index contributed by atoms with van der Waals surface area (Å²) in [5.74, 6) is 0.0161. The zero-order chi connectivity index (χ0) is 18.1. The Morgan fingerprint density at radius 2 is 1.85 bits per heavy atom. The van der Waals surface area contributed by atoms with E-state index in [0.717, 1.165) is 32.9 Å². The van der Waals surface area contributed by atoms with Crippen molar-refractivity contribution in [2.75, 3.05) is 31.1 Å². The van der Waals surface area contributed by atoms with Gasteiger partial charge in [0, 0.05) is 36.2 Å². The lowest BCUT2D eigenvalue weighted by molar-refractivity contribution is 0.0747. The van der Waals surface area contributed by atoms with Crippen molar-refractivity contribution in [2.24, 2.45) is 0 Å². The Morgan fingerprint density at radius 3 is 2.54 bits per heavy atom. The molecule has 1 aromatic heterocycles. The topological polar surface area (TPSA) is 60.2 Å². The monoisotopic (exact) mass is 426 g/mol. The van der Waals surface area contributed by atoms with Crippen molar-refractivity contribution in [3.63, 3.8) is 0 Å². The number of rotatable bonds is 2. The molecule has 1 amide bonds. The van der Waals surface area contributed by atoms with Crippen molar-refractivity contribution in [3.05, 3.63) is 58.1 Å². The van der Waals surface area contributed by atoms with Gasteiger partial charge in [-0.15, -0.1) is 0 Å². The van der Waals surface area contributed by atoms with Crippen molar-refractivity contribution < 1.29 is 4.79 Å². The number of amides is 1. The first kappa shape index (κ1) is 17.0. The summed E-state index contributed by atoms with van der Waals surface area (Å²) < 4.78 is 2.21. The molecule has 0 bridgehead atoms. The molecule has 0 unspecified atom stereocenters. The van der Waals surface area contributed by atoms with Gasteiger partial charge in [0.1, 0.15) is 0 Å². The van der Waals surface area contributed by atoms with E-state index in [1.165, 1.54) is 0 Å². The fraction of sp³-hybridized carbons (Fsp3) is 0.211. The van der Waals surface area contributed by atoms with Gasteiger partial charge < -0.3 is 9.80 Å². The Labute approximate surface area is 163 Å². The highest BCUT2D eigenvalue weighted by molar-refractivity contribution is 9.10. The summed E-state index contributed by atoms with van der Waals surface area (Å²) >= 11 is 5.17. The molecule has 0 saturated carbocycles. The zero-order valence-corrected chi connectivity index (χ0v) is 16.3. The summed E-state index contributed by atoms with van der Waals surface area (Å²) in [4.78, 5) is 21.4. The Hall–Kier alpha value is -2.43. The van der Waals surface area contributed by atoms with E-state index in [9.17, 15) is 4.79 Å². The predicted molar refractivity (Wildman–Crippen MR) is 107 cm³/mol. The van der Waals surface area contributed by atoms with Gasteiger partial charge in [0.2, 0.25) is 0 Å². The Bertz CT molecular complexity index is 1000. The molecule has 0 radical (unpaired) electrons. The lowest BCUT2D eigenvalue weighted by Crippen LogP contribution is -2.48. The summed E-state index contributed by atoms with van der Waals surface area (Å²) in [6.07, 6.45) is 0. The second kappa shape index (κ2) is 7.06. The van der Waals surface area contributed by atoms with Gasteiger partial charge in [0.25, 0.3) is 5.91 Å². The molecule has 1 aliphatic heterocycles. The first-order valence-corrected chi connectivity index (χ1v) is 9.85. The summed E-state index contributed by atoms with van der Waals surface area (Å²) in [6, 6.07) is 15.0. The standard InChI is InChI=1S/C19H15BrN4OS/c20-15-5-6-16-17(11-15)26-19(22-16)24-9-7-23(8-10-24)18(25)14-3-1-13(12-21)2-4-14/h1-6,11H,7-10H2. The Kier molecular flexibility index (Phi) is 4.62. The number of hydrogen-bond donors (Lipinski definition) is 0. The van der Waals surface area contributed by atoms with Crippen LogP contribution in [0, 0.1) is 11.3 Å². The maximum absolute atomic E-state index is 12.6. The normalized spacial score (nSPS) is 14.5. The van der Waals surface area contributed by atoms with Crippen LogP contribution in [0.2, 0.25) is 0 Å². The summed E-state index contributed by atoms with van der Waals surface area (Å²) in [5, 5.41) is 9.87. The number of thiazole rings is 1. The number of carbonyl (C=O) groups excluding carboxylic acids is 1. The number of anilines is 1. The number of nitrogens with zero attached hydrogens (tertiary/aromatic N) is 4. The molecular formula is C19H15BrN4OS. The van der Waals surface area contributed by atoms with E-state index in [1.54, 1.807) is 35.6 Å². The third-order valence-electron chi connectivity index (χ3n) is 4.44. The lowest BCUT2D eigenvalue weighted by atomic mass is 10.1. The fourth-order valence-electron chi connectivity index (χ4n) is 2.99. The Morgan fingerprint density at radius 1 is 1.12 bits per heavy atom. The molecule has 130 valence electrons. The first-order chi connectivity index (χ1) is 12.6. The summed E-state index contributed by atoms with van der Waals surface area (Å²) in [5.41, 5.74) is 2.19. The Balaban J connectivity index is 1.44. The van der Waals surface area contributed by atoms with Gasteiger partial charge in [-0.3, -0.25) is 4.79 Å². The van der Waals surface area contributed by atoms with Crippen molar-refractivity contribution in [1.82, 2.24) is 9.88 Å². The van der Waals surface area contributed by atoms with Crippen LogP contribution in [0.15, 0.2) is 46.9 Å². The molecule has 1 saturated heterocycles. The van der Waals surface area contributed by atoms with Crippen LogP contribution in [-0.4, -0.2) is 42.0 Å². The van der Waals surface area contributed by atoms with Crippen LogP contribution in [0.1, 0.15) is 15.9 Å². The van der Waals surface area contributed by atoms with E-state index in [1.807, 2.05) is 17.0 Å². The first-order valence-electron chi connectivity index (χ1n) is 8.24. The number of halogens is 1.